The van der Waals surface area contributed by atoms with E-state index in [1.807, 2.05) is 58.0 Å². The van der Waals surface area contributed by atoms with Gasteiger partial charge in [0.05, 0.1) is 11.3 Å². The van der Waals surface area contributed by atoms with Crippen molar-refractivity contribution in [2.45, 2.75) is 32.6 Å². The molecule has 0 aliphatic heterocycles. The third-order valence-corrected chi connectivity index (χ3v) is 5.10. The fraction of sp³-hybridized carbons (Fsp3) is 0.200. The molecule has 0 saturated heterocycles. The standard InChI is InChI=1S/C25H29N3O2S/c1-6-20(13-11-17(3)4)27-25(30)22-15-18(5)12-14-23(22)28-24(29)19-9-8-10-21(16-19)31-26-7-2/h6,8-16,26H,1,7H2,2-5H3,(H,27,30)(H,28,29)/b20-13+. The first-order valence-electron chi connectivity index (χ1n) is 10.0. The summed E-state index contributed by atoms with van der Waals surface area (Å²) in [6.07, 6.45) is 5.27. The van der Waals surface area contributed by atoms with Crippen LogP contribution >= 0.6 is 11.9 Å². The molecule has 2 rings (SSSR count). The van der Waals surface area contributed by atoms with Crippen LogP contribution < -0.4 is 15.4 Å². The van der Waals surface area contributed by atoms with E-state index in [0.717, 1.165) is 22.6 Å². The molecule has 0 bridgehead atoms. The average Bonchev–Trinajstić information content (AvgIpc) is 2.76. The topological polar surface area (TPSA) is 70.2 Å². The van der Waals surface area contributed by atoms with Crippen molar-refractivity contribution in [2.75, 3.05) is 11.9 Å². The molecular formula is C25H29N3O2S. The molecule has 2 aromatic carbocycles. The van der Waals surface area contributed by atoms with Gasteiger partial charge in [0.15, 0.2) is 0 Å². The van der Waals surface area contributed by atoms with Crippen molar-refractivity contribution in [2.24, 2.45) is 0 Å². The minimum absolute atomic E-state index is 0.277. The number of amides is 2. The Hall–Kier alpha value is -3.09. The van der Waals surface area contributed by atoms with E-state index >= 15 is 0 Å². The van der Waals surface area contributed by atoms with Crippen molar-refractivity contribution in [3.8, 4) is 0 Å². The first kappa shape index (κ1) is 24.2. The summed E-state index contributed by atoms with van der Waals surface area (Å²) < 4.78 is 3.17. The maximum Gasteiger partial charge on any atom is 0.257 e. The fourth-order valence-electron chi connectivity index (χ4n) is 2.62. The van der Waals surface area contributed by atoms with Crippen molar-refractivity contribution in [1.29, 1.82) is 0 Å². The summed E-state index contributed by atoms with van der Waals surface area (Å²) >= 11 is 1.47. The van der Waals surface area contributed by atoms with Crippen LogP contribution in [0.15, 0.2) is 83.4 Å². The highest BCUT2D eigenvalue weighted by Gasteiger charge is 2.15. The van der Waals surface area contributed by atoms with Gasteiger partial charge in [0.25, 0.3) is 11.8 Å². The quantitative estimate of drug-likeness (QED) is 0.353. The van der Waals surface area contributed by atoms with Crippen molar-refractivity contribution in [1.82, 2.24) is 10.0 Å². The van der Waals surface area contributed by atoms with Gasteiger partial charge in [-0.1, -0.05) is 42.8 Å². The average molecular weight is 436 g/mol. The summed E-state index contributed by atoms with van der Waals surface area (Å²) in [5.74, 6) is -0.593. The highest BCUT2D eigenvalue weighted by molar-refractivity contribution is 7.97. The van der Waals surface area contributed by atoms with Crippen LogP contribution in [0.25, 0.3) is 0 Å². The Bertz CT molecular complexity index is 1020. The fourth-order valence-corrected chi connectivity index (χ4v) is 3.26. The molecule has 0 unspecified atom stereocenters. The van der Waals surface area contributed by atoms with Gasteiger partial charge in [-0.15, -0.1) is 0 Å². The van der Waals surface area contributed by atoms with Gasteiger partial charge >= 0.3 is 0 Å². The summed E-state index contributed by atoms with van der Waals surface area (Å²) in [7, 11) is 0. The lowest BCUT2D eigenvalue weighted by molar-refractivity contribution is 0.0968. The normalized spacial score (nSPS) is 10.9. The van der Waals surface area contributed by atoms with Crippen molar-refractivity contribution in [3.05, 3.63) is 95.2 Å². The van der Waals surface area contributed by atoms with E-state index < -0.39 is 0 Å². The Morgan fingerprint density at radius 2 is 1.84 bits per heavy atom. The van der Waals surface area contributed by atoms with Crippen LogP contribution in [0, 0.1) is 6.92 Å². The number of benzene rings is 2. The van der Waals surface area contributed by atoms with Crippen LogP contribution in [0.5, 0.6) is 0 Å². The molecule has 3 N–H and O–H groups in total. The van der Waals surface area contributed by atoms with Gasteiger partial charge in [-0.2, -0.15) is 0 Å². The predicted octanol–water partition coefficient (Wildman–Crippen LogP) is 5.63. The third kappa shape index (κ3) is 7.59. The van der Waals surface area contributed by atoms with Gasteiger partial charge < -0.3 is 10.6 Å². The molecule has 0 heterocycles. The summed E-state index contributed by atoms with van der Waals surface area (Å²) in [4.78, 5) is 26.7. The van der Waals surface area contributed by atoms with E-state index in [1.165, 1.54) is 11.9 Å². The molecule has 31 heavy (non-hydrogen) atoms. The van der Waals surface area contributed by atoms with E-state index in [9.17, 15) is 9.59 Å². The van der Waals surface area contributed by atoms with Gasteiger partial charge in [0.1, 0.15) is 0 Å². The molecule has 0 aromatic heterocycles. The molecule has 2 amide bonds. The molecular weight excluding hydrogens is 406 g/mol. The number of rotatable bonds is 9. The summed E-state index contributed by atoms with van der Waals surface area (Å²) in [6.45, 7) is 12.4. The van der Waals surface area contributed by atoms with Gasteiger partial charge in [-0.05, 0) is 75.2 Å². The Labute approximate surface area is 188 Å². The Kier molecular flexibility index (Phi) is 9.31. The summed E-state index contributed by atoms with van der Waals surface area (Å²) in [5.41, 5.74) is 3.95. The SMILES string of the molecule is C=C/C(=C\C=C(C)C)NC(=O)c1cc(C)ccc1NC(=O)c1cccc(SNCC)c1. The minimum atomic E-state index is -0.316. The van der Waals surface area contributed by atoms with E-state index in [-0.39, 0.29) is 11.8 Å². The third-order valence-electron chi connectivity index (χ3n) is 4.17. The smallest absolute Gasteiger partial charge is 0.257 e. The Morgan fingerprint density at radius 3 is 2.52 bits per heavy atom. The number of hydrogen-bond acceptors (Lipinski definition) is 4. The molecule has 0 aliphatic carbocycles. The molecule has 0 aliphatic rings. The number of carbonyl (C=O) groups excluding carboxylic acids is 2. The van der Waals surface area contributed by atoms with E-state index in [0.29, 0.717) is 22.5 Å². The van der Waals surface area contributed by atoms with Crippen LogP contribution in [0.4, 0.5) is 5.69 Å². The number of nitrogens with one attached hydrogen (secondary N) is 3. The van der Waals surface area contributed by atoms with Crippen molar-refractivity contribution >= 4 is 29.4 Å². The first-order chi connectivity index (χ1) is 14.8. The molecule has 0 saturated carbocycles. The predicted molar refractivity (Wildman–Crippen MR) is 130 cm³/mol. The Balaban J connectivity index is 2.26. The molecule has 0 fully saturated rings. The maximum absolute atomic E-state index is 12.9. The van der Waals surface area contributed by atoms with E-state index in [4.69, 9.17) is 0 Å². The molecule has 0 radical (unpaired) electrons. The summed E-state index contributed by atoms with van der Waals surface area (Å²) in [6, 6.07) is 12.7. The first-order valence-corrected chi connectivity index (χ1v) is 10.9. The van der Waals surface area contributed by atoms with Crippen LogP contribution in [0.3, 0.4) is 0 Å². The van der Waals surface area contributed by atoms with Crippen LogP contribution in [-0.4, -0.2) is 18.4 Å². The highest BCUT2D eigenvalue weighted by Crippen LogP contribution is 2.21. The van der Waals surface area contributed by atoms with E-state index in [1.54, 1.807) is 30.4 Å². The van der Waals surface area contributed by atoms with Gasteiger partial charge in [-0.25, -0.2) is 0 Å². The van der Waals surface area contributed by atoms with Gasteiger partial charge in [0, 0.05) is 22.7 Å². The molecule has 5 nitrogen and oxygen atoms in total. The zero-order valence-electron chi connectivity index (χ0n) is 18.4. The zero-order chi connectivity index (χ0) is 22.8. The van der Waals surface area contributed by atoms with Crippen LogP contribution in [0.1, 0.15) is 47.1 Å². The number of hydrogen-bond donors (Lipinski definition) is 3. The number of carbonyl (C=O) groups is 2. The van der Waals surface area contributed by atoms with Gasteiger partial charge in [-0.3, -0.25) is 14.3 Å². The lowest BCUT2D eigenvalue weighted by Gasteiger charge is -2.13. The number of aryl methyl sites for hydroxylation is 1. The molecule has 0 atom stereocenters. The maximum atomic E-state index is 12.9. The van der Waals surface area contributed by atoms with Crippen LogP contribution in [-0.2, 0) is 0 Å². The van der Waals surface area contributed by atoms with Gasteiger partial charge in [0.2, 0.25) is 0 Å². The monoisotopic (exact) mass is 435 g/mol. The van der Waals surface area contributed by atoms with E-state index in [2.05, 4.69) is 21.9 Å². The molecule has 2 aromatic rings. The number of allylic oxidation sites excluding steroid dienone is 4. The molecule has 0 spiro atoms. The van der Waals surface area contributed by atoms with Crippen molar-refractivity contribution < 1.29 is 9.59 Å². The highest BCUT2D eigenvalue weighted by atomic mass is 32.2. The summed E-state index contributed by atoms with van der Waals surface area (Å²) in [5, 5.41) is 5.72. The molecule has 6 heteroatoms. The zero-order valence-corrected chi connectivity index (χ0v) is 19.2. The minimum Gasteiger partial charge on any atom is -0.322 e. The van der Waals surface area contributed by atoms with Crippen molar-refractivity contribution in [3.63, 3.8) is 0 Å². The largest absolute Gasteiger partial charge is 0.322 e. The second-order valence-electron chi connectivity index (χ2n) is 7.16. The second kappa shape index (κ2) is 11.9. The second-order valence-corrected chi connectivity index (χ2v) is 8.12. The lowest BCUT2D eigenvalue weighted by atomic mass is 10.1. The Morgan fingerprint density at radius 1 is 1.06 bits per heavy atom. The van der Waals surface area contributed by atoms with Crippen LogP contribution in [0.2, 0.25) is 0 Å². The lowest BCUT2D eigenvalue weighted by Crippen LogP contribution is -2.24. The molecule has 162 valence electrons. The number of anilines is 1.